The van der Waals surface area contributed by atoms with Crippen LogP contribution in [0.4, 0.5) is 4.39 Å². The molecule has 1 aliphatic heterocycles. The van der Waals surface area contributed by atoms with Crippen LogP contribution in [0.15, 0.2) is 53.6 Å². The SMILES string of the molecule is Fc1ccccc1/C=N\N1CCN(Cc2ccc(Cl)cc2)CC1. The molecule has 2 aromatic carbocycles. The summed E-state index contributed by atoms with van der Waals surface area (Å²) in [6, 6.07) is 14.6. The smallest absolute Gasteiger partial charge is 0.132 e. The Kier molecular flexibility index (Phi) is 5.26. The van der Waals surface area contributed by atoms with Crippen molar-refractivity contribution in [1.29, 1.82) is 0 Å². The Morgan fingerprint density at radius 2 is 1.70 bits per heavy atom. The molecule has 3 nitrogen and oxygen atoms in total. The molecule has 0 saturated carbocycles. The zero-order chi connectivity index (χ0) is 16.1. The maximum absolute atomic E-state index is 13.5. The summed E-state index contributed by atoms with van der Waals surface area (Å²) in [5.41, 5.74) is 1.79. The van der Waals surface area contributed by atoms with Crippen molar-refractivity contribution in [2.75, 3.05) is 26.2 Å². The zero-order valence-electron chi connectivity index (χ0n) is 12.8. The molecule has 0 spiro atoms. The molecule has 0 aromatic heterocycles. The van der Waals surface area contributed by atoms with E-state index in [1.165, 1.54) is 11.6 Å². The van der Waals surface area contributed by atoms with Crippen molar-refractivity contribution in [1.82, 2.24) is 9.91 Å². The first-order valence-electron chi connectivity index (χ1n) is 7.71. The second-order valence-electron chi connectivity index (χ2n) is 5.62. The van der Waals surface area contributed by atoms with Crippen LogP contribution in [-0.2, 0) is 6.54 Å². The van der Waals surface area contributed by atoms with E-state index in [1.807, 2.05) is 23.2 Å². The van der Waals surface area contributed by atoms with Gasteiger partial charge in [-0.15, -0.1) is 0 Å². The van der Waals surface area contributed by atoms with E-state index >= 15 is 0 Å². The molecule has 120 valence electrons. The number of nitrogens with zero attached hydrogens (tertiary/aromatic N) is 3. The second kappa shape index (κ2) is 7.57. The molecular weight excluding hydrogens is 313 g/mol. The molecule has 0 bridgehead atoms. The highest BCUT2D eigenvalue weighted by molar-refractivity contribution is 6.30. The number of halogens is 2. The van der Waals surface area contributed by atoms with Crippen molar-refractivity contribution in [2.45, 2.75) is 6.54 Å². The van der Waals surface area contributed by atoms with Crippen LogP contribution in [0.5, 0.6) is 0 Å². The third kappa shape index (κ3) is 4.53. The third-order valence-electron chi connectivity index (χ3n) is 3.93. The van der Waals surface area contributed by atoms with Crippen LogP contribution in [0.1, 0.15) is 11.1 Å². The minimum Gasteiger partial charge on any atom is -0.295 e. The Morgan fingerprint density at radius 3 is 2.39 bits per heavy atom. The van der Waals surface area contributed by atoms with Crippen LogP contribution in [-0.4, -0.2) is 42.3 Å². The van der Waals surface area contributed by atoms with Gasteiger partial charge in [0.15, 0.2) is 0 Å². The van der Waals surface area contributed by atoms with Gasteiger partial charge < -0.3 is 0 Å². The van der Waals surface area contributed by atoms with Gasteiger partial charge in [-0.05, 0) is 23.8 Å². The molecule has 0 amide bonds. The predicted octanol–water partition coefficient (Wildman–Crippen LogP) is 3.63. The monoisotopic (exact) mass is 331 g/mol. The number of hydrogen-bond acceptors (Lipinski definition) is 3. The van der Waals surface area contributed by atoms with Crippen LogP contribution in [0.3, 0.4) is 0 Å². The minimum absolute atomic E-state index is 0.238. The van der Waals surface area contributed by atoms with Crippen molar-refractivity contribution in [3.05, 3.63) is 70.5 Å². The minimum atomic E-state index is -0.238. The van der Waals surface area contributed by atoms with Gasteiger partial charge >= 0.3 is 0 Å². The lowest BCUT2D eigenvalue weighted by atomic mass is 10.2. The second-order valence-corrected chi connectivity index (χ2v) is 6.06. The lowest BCUT2D eigenvalue weighted by Gasteiger charge is -2.33. The molecule has 0 unspecified atom stereocenters. The molecule has 23 heavy (non-hydrogen) atoms. The third-order valence-corrected chi connectivity index (χ3v) is 4.19. The molecule has 5 heteroatoms. The van der Waals surface area contributed by atoms with Crippen molar-refractivity contribution in [2.24, 2.45) is 5.10 Å². The molecule has 1 saturated heterocycles. The Balaban J connectivity index is 1.50. The summed E-state index contributed by atoms with van der Waals surface area (Å²) in [6.45, 7) is 4.49. The van der Waals surface area contributed by atoms with Crippen molar-refractivity contribution >= 4 is 17.8 Å². The fraction of sp³-hybridized carbons (Fsp3) is 0.278. The van der Waals surface area contributed by atoms with Crippen LogP contribution >= 0.6 is 11.6 Å². The van der Waals surface area contributed by atoms with Gasteiger partial charge in [0.25, 0.3) is 0 Å². The average molecular weight is 332 g/mol. The van der Waals surface area contributed by atoms with Gasteiger partial charge in [0.05, 0.1) is 6.21 Å². The molecular formula is C18H19ClFN3. The van der Waals surface area contributed by atoms with Gasteiger partial charge in [-0.1, -0.05) is 41.9 Å². The quantitative estimate of drug-likeness (QED) is 0.797. The Bertz CT molecular complexity index is 664. The van der Waals surface area contributed by atoms with Crippen molar-refractivity contribution in [3.63, 3.8) is 0 Å². The van der Waals surface area contributed by atoms with Crippen LogP contribution in [0.25, 0.3) is 0 Å². The summed E-state index contributed by atoms with van der Waals surface area (Å²) in [4.78, 5) is 2.39. The van der Waals surface area contributed by atoms with Crippen LogP contribution in [0, 0.1) is 5.82 Å². The van der Waals surface area contributed by atoms with Crippen LogP contribution < -0.4 is 0 Å². The first kappa shape index (κ1) is 16.0. The maximum Gasteiger partial charge on any atom is 0.132 e. The number of hydrogen-bond donors (Lipinski definition) is 0. The highest BCUT2D eigenvalue weighted by atomic mass is 35.5. The van der Waals surface area contributed by atoms with E-state index in [4.69, 9.17) is 11.6 Å². The number of piperazine rings is 1. The van der Waals surface area contributed by atoms with Gasteiger partial charge in [-0.25, -0.2) is 4.39 Å². The summed E-state index contributed by atoms with van der Waals surface area (Å²) < 4.78 is 13.5. The van der Waals surface area contributed by atoms with Crippen molar-refractivity contribution in [3.8, 4) is 0 Å². The molecule has 3 rings (SSSR count). The molecule has 0 aliphatic carbocycles. The largest absolute Gasteiger partial charge is 0.295 e. The van der Waals surface area contributed by atoms with E-state index in [1.54, 1.807) is 18.3 Å². The topological polar surface area (TPSA) is 18.8 Å². The standard InChI is InChI=1S/C18H19ClFN3/c19-17-7-5-15(6-8-17)14-22-9-11-23(12-10-22)21-13-16-3-1-2-4-18(16)20/h1-8,13H,9-12,14H2/b21-13-. The lowest BCUT2D eigenvalue weighted by Crippen LogP contribution is -2.43. The average Bonchev–Trinajstić information content (AvgIpc) is 2.58. The Labute approximate surface area is 141 Å². The van der Waals surface area contributed by atoms with E-state index in [2.05, 4.69) is 22.1 Å². The van der Waals surface area contributed by atoms with Gasteiger partial charge in [-0.3, -0.25) is 9.91 Å². The van der Waals surface area contributed by atoms with Gasteiger partial charge in [0, 0.05) is 43.3 Å². The summed E-state index contributed by atoms with van der Waals surface area (Å²) in [5, 5.41) is 7.15. The normalized spacial score (nSPS) is 16.2. The highest BCUT2D eigenvalue weighted by Crippen LogP contribution is 2.13. The first-order valence-corrected chi connectivity index (χ1v) is 8.09. The van der Waals surface area contributed by atoms with E-state index in [9.17, 15) is 4.39 Å². The molecule has 1 aliphatic rings. The highest BCUT2D eigenvalue weighted by Gasteiger charge is 2.15. The molecule has 0 N–H and O–H groups in total. The molecule has 2 aromatic rings. The summed E-state index contributed by atoms with van der Waals surface area (Å²) >= 11 is 5.91. The number of rotatable bonds is 4. The Morgan fingerprint density at radius 1 is 1.00 bits per heavy atom. The van der Waals surface area contributed by atoms with Crippen molar-refractivity contribution < 1.29 is 4.39 Å². The predicted molar refractivity (Wildman–Crippen MR) is 92.3 cm³/mol. The fourth-order valence-corrected chi connectivity index (χ4v) is 2.71. The lowest BCUT2D eigenvalue weighted by molar-refractivity contribution is 0.131. The molecule has 0 atom stereocenters. The first-order chi connectivity index (χ1) is 11.2. The maximum atomic E-state index is 13.5. The number of hydrazone groups is 1. The van der Waals surface area contributed by atoms with E-state index in [0.717, 1.165) is 37.7 Å². The van der Waals surface area contributed by atoms with Gasteiger partial charge in [0.1, 0.15) is 5.82 Å². The fourth-order valence-electron chi connectivity index (χ4n) is 2.58. The Hall–Kier alpha value is -1.91. The number of benzene rings is 2. The van der Waals surface area contributed by atoms with E-state index in [0.29, 0.717) is 5.56 Å². The molecule has 0 radical (unpaired) electrons. The zero-order valence-corrected chi connectivity index (χ0v) is 13.6. The summed E-state index contributed by atoms with van der Waals surface area (Å²) in [6.07, 6.45) is 1.60. The van der Waals surface area contributed by atoms with Gasteiger partial charge in [0.2, 0.25) is 0 Å². The van der Waals surface area contributed by atoms with E-state index < -0.39 is 0 Å². The molecule has 1 fully saturated rings. The molecule has 1 heterocycles. The van der Waals surface area contributed by atoms with Crippen LogP contribution in [0.2, 0.25) is 5.02 Å². The summed E-state index contributed by atoms with van der Waals surface area (Å²) in [5.74, 6) is -0.238. The summed E-state index contributed by atoms with van der Waals surface area (Å²) in [7, 11) is 0. The van der Waals surface area contributed by atoms with E-state index in [-0.39, 0.29) is 5.82 Å². The van der Waals surface area contributed by atoms with Gasteiger partial charge in [-0.2, -0.15) is 5.10 Å².